The molecule has 0 saturated carbocycles. The van der Waals surface area contributed by atoms with Crippen molar-refractivity contribution in [2.24, 2.45) is 5.92 Å². The third-order valence-electron chi connectivity index (χ3n) is 5.57. The number of benzene rings is 2. The van der Waals surface area contributed by atoms with E-state index in [1.807, 2.05) is 25.3 Å². The van der Waals surface area contributed by atoms with Gasteiger partial charge in [-0.3, -0.25) is 9.59 Å². The summed E-state index contributed by atoms with van der Waals surface area (Å²) in [5.41, 5.74) is 1.48. The van der Waals surface area contributed by atoms with E-state index in [0.29, 0.717) is 40.1 Å². The SMILES string of the molecule is CCn1c(SCC(=O)Nc2ccc(C(=O)OC)cc2)nnc1[C@H](NC(=O)c1ccc(OC)cc1)C(C)C. The summed E-state index contributed by atoms with van der Waals surface area (Å²) >= 11 is 1.26. The molecule has 1 atom stereocenters. The number of nitrogens with one attached hydrogen (secondary N) is 2. The van der Waals surface area contributed by atoms with Crippen molar-refractivity contribution in [1.82, 2.24) is 20.1 Å². The summed E-state index contributed by atoms with van der Waals surface area (Å²) in [5, 5.41) is 15.1. The highest BCUT2D eigenvalue weighted by Crippen LogP contribution is 2.26. The van der Waals surface area contributed by atoms with Gasteiger partial charge in [-0.1, -0.05) is 25.6 Å². The molecule has 0 spiro atoms. The zero-order chi connectivity index (χ0) is 26.9. The Morgan fingerprint density at radius 2 is 1.62 bits per heavy atom. The van der Waals surface area contributed by atoms with Gasteiger partial charge < -0.3 is 24.7 Å². The number of amides is 2. The summed E-state index contributed by atoms with van der Waals surface area (Å²) in [6, 6.07) is 13.0. The standard InChI is InChI=1S/C26H31N5O5S/c1-6-31-23(22(16(2)3)28-24(33)17-9-13-20(35-4)14-10-17)29-30-26(31)37-15-21(32)27-19-11-7-18(8-12-19)25(34)36-5/h7-14,16,22H,6,15H2,1-5H3,(H,27,32)(H,28,33)/t22-/m1/s1. The first-order chi connectivity index (χ1) is 17.8. The highest BCUT2D eigenvalue weighted by atomic mass is 32.2. The zero-order valence-corrected chi connectivity index (χ0v) is 22.3. The summed E-state index contributed by atoms with van der Waals surface area (Å²) in [6.07, 6.45) is 0. The van der Waals surface area contributed by atoms with Gasteiger partial charge in [0.2, 0.25) is 5.91 Å². The van der Waals surface area contributed by atoms with E-state index in [1.54, 1.807) is 55.6 Å². The molecule has 0 fully saturated rings. The molecule has 11 heteroatoms. The Labute approximate surface area is 220 Å². The second-order valence-corrected chi connectivity index (χ2v) is 9.36. The quantitative estimate of drug-likeness (QED) is 0.285. The van der Waals surface area contributed by atoms with Crippen LogP contribution in [0.5, 0.6) is 5.75 Å². The van der Waals surface area contributed by atoms with Gasteiger partial charge in [-0.15, -0.1) is 10.2 Å². The van der Waals surface area contributed by atoms with Gasteiger partial charge in [-0.2, -0.15) is 0 Å². The topological polar surface area (TPSA) is 124 Å². The fourth-order valence-electron chi connectivity index (χ4n) is 3.57. The lowest BCUT2D eigenvalue weighted by Gasteiger charge is -2.22. The lowest BCUT2D eigenvalue weighted by atomic mass is 10.0. The van der Waals surface area contributed by atoms with Crippen LogP contribution in [0, 0.1) is 5.92 Å². The Hall–Kier alpha value is -3.86. The summed E-state index contributed by atoms with van der Waals surface area (Å²) in [4.78, 5) is 37.0. The van der Waals surface area contributed by atoms with Gasteiger partial charge in [-0.05, 0) is 61.4 Å². The Balaban J connectivity index is 1.66. The first-order valence-corrected chi connectivity index (χ1v) is 12.7. The number of esters is 1. The van der Waals surface area contributed by atoms with Gasteiger partial charge in [0.1, 0.15) is 5.75 Å². The molecule has 2 amide bonds. The molecule has 3 rings (SSSR count). The van der Waals surface area contributed by atoms with Crippen molar-refractivity contribution in [3.05, 3.63) is 65.5 Å². The van der Waals surface area contributed by atoms with Crippen molar-refractivity contribution in [2.45, 2.75) is 38.5 Å². The van der Waals surface area contributed by atoms with Gasteiger partial charge in [0.15, 0.2) is 11.0 Å². The maximum Gasteiger partial charge on any atom is 0.337 e. The number of methoxy groups -OCH3 is 2. The summed E-state index contributed by atoms with van der Waals surface area (Å²) < 4.78 is 11.7. The van der Waals surface area contributed by atoms with E-state index in [2.05, 4.69) is 25.6 Å². The predicted octanol–water partition coefficient (Wildman–Crippen LogP) is 3.95. The van der Waals surface area contributed by atoms with Crippen LogP contribution in [-0.2, 0) is 16.1 Å². The van der Waals surface area contributed by atoms with Crippen LogP contribution in [0.1, 0.15) is 53.4 Å². The summed E-state index contributed by atoms with van der Waals surface area (Å²) in [5.74, 6) is 0.567. The monoisotopic (exact) mass is 525 g/mol. The minimum absolute atomic E-state index is 0.0470. The lowest BCUT2D eigenvalue weighted by Crippen LogP contribution is -2.33. The predicted molar refractivity (Wildman–Crippen MR) is 141 cm³/mol. The molecule has 0 unspecified atom stereocenters. The second kappa shape index (κ2) is 12.9. The second-order valence-electron chi connectivity index (χ2n) is 8.41. The van der Waals surface area contributed by atoms with E-state index < -0.39 is 5.97 Å². The van der Waals surface area contributed by atoms with E-state index in [9.17, 15) is 14.4 Å². The van der Waals surface area contributed by atoms with E-state index >= 15 is 0 Å². The molecule has 0 aliphatic carbocycles. The van der Waals surface area contributed by atoms with Crippen LogP contribution in [0.25, 0.3) is 0 Å². The van der Waals surface area contributed by atoms with Crippen molar-refractivity contribution in [1.29, 1.82) is 0 Å². The van der Waals surface area contributed by atoms with Crippen LogP contribution in [0.15, 0.2) is 53.7 Å². The fourth-order valence-corrected chi connectivity index (χ4v) is 4.37. The molecule has 0 saturated heterocycles. The molecule has 196 valence electrons. The molecule has 10 nitrogen and oxygen atoms in total. The van der Waals surface area contributed by atoms with Gasteiger partial charge in [0.05, 0.1) is 31.6 Å². The minimum Gasteiger partial charge on any atom is -0.497 e. The van der Waals surface area contributed by atoms with Crippen LogP contribution in [-0.4, -0.2) is 52.5 Å². The molecular weight excluding hydrogens is 494 g/mol. The molecule has 0 bridgehead atoms. The normalized spacial score (nSPS) is 11.6. The molecular formula is C26H31N5O5S. The minimum atomic E-state index is -0.442. The van der Waals surface area contributed by atoms with Crippen LogP contribution < -0.4 is 15.4 Å². The van der Waals surface area contributed by atoms with Crippen molar-refractivity contribution < 1.29 is 23.9 Å². The first kappa shape index (κ1) is 27.7. The maximum absolute atomic E-state index is 12.9. The average molecular weight is 526 g/mol. The number of carbonyl (C=O) groups is 3. The number of nitrogens with zero attached hydrogens (tertiary/aromatic N) is 3. The molecule has 2 aromatic carbocycles. The van der Waals surface area contributed by atoms with Crippen LogP contribution >= 0.6 is 11.8 Å². The lowest BCUT2D eigenvalue weighted by molar-refractivity contribution is -0.113. The van der Waals surface area contributed by atoms with Crippen LogP contribution in [0.4, 0.5) is 5.69 Å². The molecule has 37 heavy (non-hydrogen) atoms. The molecule has 0 radical (unpaired) electrons. The number of thioether (sulfide) groups is 1. The summed E-state index contributed by atoms with van der Waals surface area (Å²) in [6.45, 7) is 6.53. The Kier molecular flexibility index (Phi) is 9.67. The Morgan fingerprint density at radius 3 is 2.19 bits per heavy atom. The Bertz CT molecular complexity index is 1230. The number of hydrogen-bond donors (Lipinski definition) is 2. The van der Waals surface area contributed by atoms with E-state index in [0.717, 1.165) is 0 Å². The van der Waals surface area contributed by atoms with Crippen molar-refractivity contribution >= 4 is 35.2 Å². The number of rotatable bonds is 11. The van der Waals surface area contributed by atoms with Gasteiger partial charge in [0.25, 0.3) is 5.91 Å². The molecule has 1 aromatic heterocycles. The maximum atomic E-state index is 12.9. The highest BCUT2D eigenvalue weighted by molar-refractivity contribution is 7.99. The number of aromatic nitrogens is 3. The molecule has 2 N–H and O–H groups in total. The molecule has 0 aliphatic rings. The number of ether oxygens (including phenoxy) is 2. The average Bonchev–Trinajstić information content (AvgIpc) is 3.32. The number of hydrogen-bond acceptors (Lipinski definition) is 8. The Morgan fingerprint density at radius 1 is 0.973 bits per heavy atom. The molecule has 0 aliphatic heterocycles. The smallest absolute Gasteiger partial charge is 0.337 e. The van der Waals surface area contributed by atoms with Crippen molar-refractivity contribution in [3.8, 4) is 5.75 Å². The molecule has 1 heterocycles. The van der Waals surface area contributed by atoms with Crippen LogP contribution in [0.2, 0.25) is 0 Å². The van der Waals surface area contributed by atoms with Crippen LogP contribution in [0.3, 0.4) is 0 Å². The first-order valence-electron chi connectivity index (χ1n) is 11.8. The third-order valence-corrected chi connectivity index (χ3v) is 6.53. The number of anilines is 1. The van der Waals surface area contributed by atoms with Gasteiger partial charge in [0, 0.05) is 17.8 Å². The van der Waals surface area contributed by atoms with E-state index in [4.69, 9.17) is 4.74 Å². The number of carbonyl (C=O) groups excluding carboxylic acids is 3. The summed E-state index contributed by atoms with van der Waals surface area (Å²) in [7, 11) is 2.89. The van der Waals surface area contributed by atoms with Crippen molar-refractivity contribution in [3.63, 3.8) is 0 Å². The fraction of sp³-hybridized carbons (Fsp3) is 0.346. The zero-order valence-electron chi connectivity index (χ0n) is 21.5. The third kappa shape index (κ3) is 7.10. The molecule has 3 aromatic rings. The highest BCUT2D eigenvalue weighted by Gasteiger charge is 2.26. The van der Waals surface area contributed by atoms with E-state index in [1.165, 1.54) is 18.9 Å². The van der Waals surface area contributed by atoms with Gasteiger partial charge in [-0.25, -0.2) is 4.79 Å². The van der Waals surface area contributed by atoms with Crippen molar-refractivity contribution in [2.75, 3.05) is 25.3 Å². The largest absolute Gasteiger partial charge is 0.497 e. The van der Waals surface area contributed by atoms with E-state index in [-0.39, 0.29) is 29.5 Å². The van der Waals surface area contributed by atoms with Gasteiger partial charge >= 0.3 is 5.97 Å².